The lowest BCUT2D eigenvalue weighted by Gasteiger charge is -2.08. The minimum Gasteiger partial charge on any atom is -0.480 e. The van der Waals surface area contributed by atoms with Crippen LogP contribution in [0.25, 0.3) is 0 Å². The molecular formula is C10H16O4S2. The summed E-state index contributed by atoms with van der Waals surface area (Å²) in [4.78, 5) is 20.5. The van der Waals surface area contributed by atoms with Crippen molar-refractivity contribution in [2.75, 3.05) is 0 Å². The summed E-state index contributed by atoms with van der Waals surface area (Å²) in [7, 11) is 0. The molecule has 0 saturated heterocycles. The number of carboxylic acid groups (broad SMARTS) is 2. The van der Waals surface area contributed by atoms with Crippen LogP contribution in [-0.4, -0.2) is 32.7 Å². The fraction of sp³-hybridized carbons (Fsp3) is 0.400. The van der Waals surface area contributed by atoms with Crippen molar-refractivity contribution in [1.82, 2.24) is 0 Å². The number of hydrogen-bond donors (Lipinski definition) is 2. The molecule has 0 rings (SSSR count). The van der Waals surface area contributed by atoms with Gasteiger partial charge in [-0.3, -0.25) is 9.59 Å². The van der Waals surface area contributed by atoms with Crippen LogP contribution in [0.4, 0.5) is 0 Å². The molecule has 0 aromatic carbocycles. The van der Waals surface area contributed by atoms with Crippen LogP contribution >= 0.6 is 23.5 Å². The third-order valence-corrected chi connectivity index (χ3v) is 2.90. The summed E-state index contributed by atoms with van der Waals surface area (Å²) in [6.45, 7) is 9.81. The molecule has 0 aliphatic heterocycles. The van der Waals surface area contributed by atoms with Crippen molar-refractivity contribution in [2.45, 2.75) is 24.3 Å². The van der Waals surface area contributed by atoms with Crippen molar-refractivity contribution in [3.8, 4) is 0 Å². The van der Waals surface area contributed by atoms with Gasteiger partial charge < -0.3 is 10.2 Å². The smallest absolute Gasteiger partial charge is 0.316 e. The van der Waals surface area contributed by atoms with E-state index in [-0.39, 0.29) is 0 Å². The lowest BCUT2D eigenvalue weighted by Crippen LogP contribution is -2.20. The van der Waals surface area contributed by atoms with Crippen LogP contribution < -0.4 is 0 Å². The summed E-state index contributed by atoms with van der Waals surface area (Å²) in [6.07, 6.45) is 0. The van der Waals surface area contributed by atoms with Gasteiger partial charge in [-0.15, -0.1) is 23.5 Å². The summed E-state index contributed by atoms with van der Waals surface area (Å²) in [5, 5.41) is 18.9. The molecular weight excluding hydrogens is 248 g/mol. The zero-order valence-corrected chi connectivity index (χ0v) is 10.9. The SMILES string of the molecule is C=CSC=C.CC(SC(C)C(=O)O)C(=O)O. The molecule has 16 heavy (non-hydrogen) atoms. The van der Waals surface area contributed by atoms with Gasteiger partial charge in [0.1, 0.15) is 10.5 Å². The van der Waals surface area contributed by atoms with Crippen LogP contribution in [0, 0.1) is 0 Å². The van der Waals surface area contributed by atoms with Crippen LogP contribution in [0.5, 0.6) is 0 Å². The van der Waals surface area contributed by atoms with Gasteiger partial charge >= 0.3 is 11.9 Å². The van der Waals surface area contributed by atoms with E-state index < -0.39 is 22.4 Å². The van der Waals surface area contributed by atoms with Gasteiger partial charge in [0.15, 0.2) is 0 Å². The predicted molar refractivity (Wildman–Crippen MR) is 69.8 cm³/mol. The molecule has 0 radical (unpaired) electrons. The predicted octanol–water partition coefficient (Wildman–Crippen LogP) is 2.67. The van der Waals surface area contributed by atoms with Gasteiger partial charge in [-0.05, 0) is 24.7 Å². The molecule has 0 fully saturated rings. The highest BCUT2D eigenvalue weighted by Crippen LogP contribution is 2.17. The highest BCUT2D eigenvalue weighted by Gasteiger charge is 2.19. The zero-order valence-electron chi connectivity index (χ0n) is 9.25. The van der Waals surface area contributed by atoms with Gasteiger partial charge in [-0.25, -0.2) is 0 Å². The molecule has 0 spiro atoms. The Kier molecular flexibility index (Phi) is 11.6. The Labute approximate surface area is 104 Å². The van der Waals surface area contributed by atoms with Crippen molar-refractivity contribution >= 4 is 35.5 Å². The molecule has 0 saturated carbocycles. The highest BCUT2D eigenvalue weighted by molar-refractivity contribution is 8.04. The Morgan fingerprint density at radius 3 is 1.50 bits per heavy atom. The summed E-state index contributed by atoms with van der Waals surface area (Å²) in [6, 6.07) is 0. The van der Waals surface area contributed by atoms with E-state index in [0.29, 0.717) is 0 Å². The lowest BCUT2D eigenvalue weighted by molar-refractivity contribution is -0.136. The van der Waals surface area contributed by atoms with E-state index >= 15 is 0 Å². The van der Waals surface area contributed by atoms with Crippen LogP contribution in [0.1, 0.15) is 13.8 Å². The minimum atomic E-state index is -0.983. The molecule has 6 heteroatoms. The highest BCUT2D eigenvalue weighted by atomic mass is 32.2. The lowest BCUT2D eigenvalue weighted by atomic mass is 10.5. The van der Waals surface area contributed by atoms with Crippen molar-refractivity contribution < 1.29 is 19.8 Å². The molecule has 0 aromatic rings. The number of thioether (sulfide) groups is 2. The van der Waals surface area contributed by atoms with E-state index in [1.807, 2.05) is 0 Å². The maximum absolute atomic E-state index is 10.2. The van der Waals surface area contributed by atoms with E-state index in [9.17, 15) is 9.59 Å². The Balaban J connectivity index is 0. The van der Waals surface area contributed by atoms with Crippen LogP contribution in [0.3, 0.4) is 0 Å². The second-order valence-corrected chi connectivity index (χ2v) is 5.19. The average Bonchev–Trinajstić information content (AvgIpc) is 2.19. The summed E-state index contributed by atoms with van der Waals surface area (Å²) in [5.41, 5.74) is 0. The quantitative estimate of drug-likeness (QED) is 0.768. The van der Waals surface area contributed by atoms with Gasteiger partial charge in [-0.1, -0.05) is 13.2 Å². The van der Waals surface area contributed by atoms with E-state index in [2.05, 4.69) is 13.2 Å². The number of carbonyl (C=O) groups is 2. The Hall–Kier alpha value is -0.880. The van der Waals surface area contributed by atoms with E-state index in [1.165, 1.54) is 25.6 Å². The first-order valence-corrected chi connectivity index (χ1v) is 6.23. The number of rotatable bonds is 6. The first-order valence-electron chi connectivity index (χ1n) is 4.35. The molecule has 0 heterocycles. The third-order valence-electron chi connectivity index (χ3n) is 1.30. The number of aliphatic carboxylic acids is 2. The van der Waals surface area contributed by atoms with E-state index in [0.717, 1.165) is 11.8 Å². The Bertz CT molecular complexity index is 229. The van der Waals surface area contributed by atoms with Crippen molar-refractivity contribution in [1.29, 1.82) is 0 Å². The molecule has 0 amide bonds. The first-order chi connectivity index (χ1) is 7.36. The van der Waals surface area contributed by atoms with Gasteiger partial charge in [0.25, 0.3) is 0 Å². The standard InChI is InChI=1S/C6H10O4S.C4H6S/c1-3(5(7)8)11-4(2)6(9)10;1-3-5-4-2/h3-4H,1-2H3,(H,7,8)(H,9,10);3-4H,1-2H2. The van der Waals surface area contributed by atoms with Gasteiger partial charge in [0.2, 0.25) is 0 Å². The molecule has 0 aromatic heterocycles. The molecule has 2 N–H and O–H groups in total. The normalized spacial score (nSPS) is 12.6. The van der Waals surface area contributed by atoms with Crippen molar-refractivity contribution in [3.05, 3.63) is 24.0 Å². The number of hydrogen-bond acceptors (Lipinski definition) is 4. The Morgan fingerprint density at radius 1 is 1.06 bits per heavy atom. The van der Waals surface area contributed by atoms with Gasteiger partial charge in [-0.2, -0.15) is 0 Å². The van der Waals surface area contributed by atoms with E-state index in [1.54, 1.807) is 10.8 Å². The average molecular weight is 264 g/mol. The molecule has 92 valence electrons. The fourth-order valence-corrected chi connectivity index (χ4v) is 1.47. The van der Waals surface area contributed by atoms with Crippen LogP contribution in [0.2, 0.25) is 0 Å². The maximum Gasteiger partial charge on any atom is 0.316 e. The van der Waals surface area contributed by atoms with E-state index in [4.69, 9.17) is 10.2 Å². The molecule has 0 bridgehead atoms. The summed E-state index contributed by atoms with van der Waals surface area (Å²) >= 11 is 2.41. The largest absolute Gasteiger partial charge is 0.480 e. The monoisotopic (exact) mass is 264 g/mol. The zero-order chi connectivity index (χ0) is 13.1. The van der Waals surface area contributed by atoms with Gasteiger partial charge in [0.05, 0.1) is 0 Å². The molecule has 4 nitrogen and oxygen atoms in total. The fourth-order valence-electron chi connectivity index (χ4n) is 0.491. The van der Waals surface area contributed by atoms with Crippen molar-refractivity contribution in [2.24, 2.45) is 0 Å². The number of carboxylic acids is 2. The molecule has 2 unspecified atom stereocenters. The first kappa shape index (κ1) is 17.5. The van der Waals surface area contributed by atoms with Gasteiger partial charge in [0, 0.05) is 0 Å². The van der Waals surface area contributed by atoms with Crippen LogP contribution in [-0.2, 0) is 9.59 Å². The topological polar surface area (TPSA) is 74.6 Å². The van der Waals surface area contributed by atoms with Crippen molar-refractivity contribution in [3.63, 3.8) is 0 Å². The second kappa shape index (κ2) is 10.6. The summed E-state index contributed by atoms with van der Waals surface area (Å²) < 4.78 is 0. The molecule has 2 atom stereocenters. The third kappa shape index (κ3) is 11.2. The summed E-state index contributed by atoms with van der Waals surface area (Å²) in [5.74, 6) is -1.97. The molecule has 0 aliphatic rings. The molecule has 0 aliphatic carbocycles. The minimum absolute atomic E-state index is 0.666. The van der Waals surface area contributed by atoms with Crippen LogP contribution in [0.15, 0.2) is 24.0 Å². The maximum atomic E-state index is 10.2. The second-order valence-electron chi connectivity index (χ2n) is 2.57. The Morgan fingerprint density at radius 2 is 1.38 bits per heavy atom.